The topological polar surface area (TPSA) is 79.2 Å². The van der Waals surface area contributed by atoms with Crippen molar-refractivity contribution in [1.82, 2.24) is 9.55 Å². The minimum absolute atomic E-state index is 0.112. The molecule has 3 aromatic rings. The Hall–Kier alpha value is -2.86. The van der Waals surface area contributed by atoms with E-state index >= 15 is 0 Å². The van der Waals surface area contributed by atoms with Crippen LogP contribution in [0.1, 0.15) is 12.0 Å². The van der Waals surface area contributed by atoms with Gasteiger partial charge in [-0.15, -0.1) is 0 Å². The zero-order valence-electron chi connectivity index (χ0n) is 14.2. The van der Waals surface area contributed by atoms with Crippen molar-refractivity contribution in [2.75, 3.05) is 23.8 Å². The summed E-state index contributed by atoms with van der Waals surface area (Å²) in [6.07, 6.45) is 0.624. The third-order valence-corrected chi connectivity index (χ3v) is 3.91. The molecule has 0 unspecified atom stereocenters. The van der Waals surface area contributed by atoms with Crippen molar-refractivity contribution in [3.63, 3.8) is 0 Å². The highest BCUT2D eigenvalue weighted by atomic mass is 16.3. The largest absolute Gasteiger partial charge is 0.396 e. The van der Waals surface area contributed by atoms with Crippen LogP contribution in [0.2, 0.25) is 0 Å². The molecule has 3 rings (SSSR count). The van der Waals surface area contributed by atoms with Gasteiger partial charge in [0.05, 0.1) is 11.0 Å². The Morgan fingerprint density at radius 2 is 1.92 bits per heavy atom. The molecule has 1 aromatic heterocycles. The summed E-state index contributed by atoms with van der Waals surface area (Å²) in [6, 6.07) is 15.4. The van der Waals surface area contributed by atoms with E-state index in [1.165, 1.54) is 0 Å². The average Bonchev–Trinajstić information content (AvgIpc) is 2.95. The van der Waals surface area contributed by atoms with E-state index in [2.05, 4.69) is 15.6 Å². The second kappa shape index (κ2) is 7.81. The van der Waals surface area contributed by atoms with Crippen LogP contribution in [0.3, 0.4) is 0 Å². The Morgan fingerprint density at radius 3 is 2.68 bits per heavy atom. The quantitative estimate of drug-likeness (QED) is 0.579. The first-order valence-corrected chi connectivity index (χ1v) is 8.34. The number of rotatable bonds is 7. The van der Waals surface area contributed by atoms with Gasteiger partial charge < -0.3 is 20.3 Å². The summed E-state index contributed by atoms with van der Waals surface area (Å²) >= 11 is 0. The number of fused-ring (bicyclic) bond motifs is 1. The van der Waals surface area contributed by atoms with Gasteiger partial charge in [-0.1, -0.05) is 29.8 Å². The third kappa shape index (κ3) is 4.16. The maximum absolute atomic E-state index is 12.5. The normalized spacial score (nSPS) is 10.8. The summed E-state index contributed by atoms with van der Waals surface area (Å²) in [6.45, 7) is 2.88. The first-order valence-electron chi connectivity index (χ1n) is 8.34. The maximum atomic E-state index is 12.5. The third-order valence-electron chi connectivity index (χ3n) is 3.91. The molecule has 6 nitrogen and oxygen atoms in total. The number of anilines is 2. The SMILES string of the molecule is Cc1ccc(NC(=O)Cn2c(NCCCO)nc3ccccc32)cc1. The lowest BCUT2D eigenvalue weighted by Gasteiger charge is -2.11. The highest BCUT2D eigenvalue weighted by Crippen LogP contribution is 2.20. The molecule has 0 spiro atoms. The van der Waals surface area contributed by atoms with Crippen molar-refractivity contribution in [3.8, 4) is 0 Å². The lowest BCUT2D eigenvalue weighted by molar-refractivity contribution is -0.116. The lowest BCUT2D eigenvalue weighted by atomic mass is 10.2. The zero-order chi connectivity index (χ0) is 17.6. The van der Waals surface area contributed by atoms with E-state index in [0.29, 0.717) is 18.9 Å². The van der Waals surface area contributed by atoms with Crippen molar-refractivity contribution < 1.29 is 9.90 Å². The molecule has 1 amide bonds. The van der Waals surface area contributed by atoms with Gasteiger partial charge in [0, 0.05) is 18.8 Å². The molecule has 0 aliphatic heterocycles. The van der Waals surface area contributed by atoms with E-state index < -0.39 is 0 Å². The molecular weight excluding hydrogens is 316 g/mol. The Balaban J connectivity index is 1.79. The van der Waals surface area contributed by atoms with E-state index in [0.717, 1.165) is 22.3 Å². The minimum Gasteiger partial charge on any atom is -0.396 e. The number of aryl methyl sites for hydroxylation is 1. The number of aromatic nitrogens is 2. The fourth-order valence-corrected chi connectivity index (χ4v) is 2.63. The molecule has 0 bridgehead atoms. The first-order chi connectivity index (χ1) is 12.2. The number of para-hydroxylation sites is 2. The number of imidazole rings is 1. The van der Waals surface area contributed by atoms with E-state index in [9.17, 15) is 4.79 Å². The standard InChI is InChI=1S/C19H22N4O2/c1-14-7-9-15(10-8-14)21-18(25)13-23-17-6-3-2-5-16(17)22-19(23)20-11-4-12-24/h2-3,5-10,24H,4,11-13H2,1H3,(H,20,22)(H,21,25). The minimum atomic E-state index is -0.114. The van der Waals surface area contributed by atoms with Crippen LogP contribution in [-0.2, 0) is 11.3 Å². The van der Waals surface area contributed by atoms with E-state index in [1.807, 2.05) is 60.0 Å². The molecule has 6 heteroatoms. The number of aliphatic hydroxyl groups is 1. The van der Waals surface area contributed by atoms with Crippen molar-refractivity contribution in [1.29, 1.82) is 0 Å². The highest BCUT2D eigenvalue weighted by molar-refractivity contribution is 5.92. The fourth-order valence-electron chi connectivity index (χ4n) is 2.63. The van der Waals surface area contributed by atoms with Crippen molar-refractivity contribution in [2.45, 2.75) is 19.9 Å². The molecule has 0 saturated heterocycles. The van der Waals surface area contributed by atoms with E-state index in [-0.39, 0.29) is 19.1 Å². The first kappa shape index (κ1) is 17.0. The van der Waals surface area contributed by atoms with Crippen LogP contribution >= 0.6 is 0 Å². The number of benzene rings is 2. The van der Waals surface area contributed by atoms with Crippen LogP contribution in [0.4, 0.5) is 11.6 Å². The summed E-state index contributed by atoms with van der Waals surface area (Å²) in [5.74, 6) is 0.519. The summed E-state index contributed by atoms with van der Waals surface area (Å²) in [4.78, 5) is 17.0. The number of hydrogen-bond donors (Lipinski definition) is 3. The monoisotopic (exact) mass is 338 g/mol. The number of nitrogens with one attached hydrogen (secondary N) is 2. The predicted molar refractivity (Wildman–Crippen MR) is 99.7 cm³/mol. The second-order valence-corrected chi connectivity index (χ2v) is 5.93. The molecule has 0 aliphatic rings. The van der Waals surface area contributed by atoms with Gasteiger partial charge in [0.2, 0.25) is 11.9 Å². The van der Waals surface area contributed by atoms with Crippen LogP contribution in [0.25, 0.3) is 11.0 Å². The van der Waals surface area contributed by atoms with Gasteiger partial charge in [0.15, 0.2) is 0 Å². The summed E-state index contributed by atoms with van der Waals surface area (Å²) in [5, 5.41) is 15.1. The van der Waals surface area contributed by atoms with Crippen LogP contribution in [0, 0.1) is 6.92 Å². The lowest BCUT2D eigenvalue weighted by Crippen LogP contribution is -2.20. The number of amides is 1. The van der Waals surface area contributed by atoms with Crippen LogP contribution in [-0.4, -0.2) is 33.7 Å². The number of carbonyl (C=O) groups excluding carboxylic acids is 1. The van der Waals surface area contributed by atoms with Crippen LogP contribution in [0.5, 0.6) is 0 Å². The molecule has 0 saturated carbocycles. The molecular formula is C19H22N4O2. The molecule has 0 atom stereocenters. The molecule has 2 aromatic carbocycles. The van der Waals surface area contributed by atoms with Crippen LogP contribution in [0.15, 0.2) is 48.5 Å². The number of aliphatic hydroxyl groups excluding tert-OH is 1. The molecule has 130 valence electrons. The molecule has 0 fully saturated rings. The van der Waals surface area contributed by atoms with Crippen molar-refractivity contribution in [2.24, 2.45) is 0 Å². The average molecular weight is 338 g/mol. The van der Waals surface area contributed by atoms with E-state index in [1.54, 1.807) is 0 Å². The summed E-state index contributed by atoms with van der Waals surface area (Å²) in [5.41, 5.74) is 3.65. The fraction of sp³-hybridized carbons (Fsp3) is 0.263. The van der Waals surface area contributed by atoms with Gasteiger partial charge in [-0.25, -0.2) is 4.98 Å². The Bertz CT molecular complexity index is 855. The van der Waals surface area contributed by atoms with Gasteiger partial charge in [-0.05, 0) is 37.6 Å². The summed E-state index contributed by atoms with van der Waals surface area (Å²) < 4.78 is 1.86. The van der Waals surface area contributed by atoms with Gasteiger partial charge in [0.1, 0.15) is 6.54 Å². The molecule has 0 aliphatic carbocycles. The number of nitrogens with zero attached hydrogens (tertiary/aromatic N) is 2. The number of carbonyl (C=O) groups is 1. The highest BCUT2D eigenvalue weighted by Gasteiger charge is 2.13. The number of hydrogen-bond acceptors (Lipinski definition) is 4. The maximum Gasteiger partial charge on any atom is 0.244 e. The molecule has 3 N–H and O–H groups in total. The van der Waals surface area contributed by atoms with Gasteiger partial charge in [-0.3, -0.25) is 4.79 Å². The van der Waals surface area contributed by atoms with Crippen molar-refractivity contribution >= 4 is 28.6 Å². The molecule has 1 heterocycles. The Morgan fingerprint density at radius 1 is 1.16 bits per heavy atom. The summed E-state index contributed by atoms with van der Waals surface area (Å²) in [7, 11) is 0. The van der Waals surface area contributed by atoms with Crippen LogP contribution < -0.4 is 10.6 Å². The zero-order valence-corrected chi connectivity index (χ0v) is 14.2. The van der Waals surface area contributed by atoms with Crippen molar-refractivity contribution in [3.05, 3.63) is 54.1 Å². The Kier molecular flexibility index (Phi) is 5.30. The Labute approximate surface area is 146 Å². The van der Waals surface area contributed by atoms with Gasteiger partial charge in [0.25, 0.3) is 0 Å². The van der Waals surface area contributed by atoms with Gasteiger partial charge >= 0.3 is 0 Å². The smallest absolute Gasteiger partial charge is 0.244 e. The second-order valence-electron chi connectivity index (χ2n) is 5.93. The predicted octanol–water partition coefficient (Wildman–Crippen LogP) is 2.78. The molecule has 25 heavy (non-hydrogen) atoms. The van der Waals surface area contributed by atoms with Gasteiger partial charge in [-0.2, -0.15) is 0 Å². The molecule has 0 radical (unpaired) electrons. The van der Waals surface area contributed by atoms with E-state index in [4.69, 9.17) is 5.11 Å².